The fourth-order valence-electron chi connectivity index (χ4n) is 2.83. The Bertz CT molecular complexity index is 695. The Labute approximate surface area is 156 Å². The number of carboxylic acids is 1. The van der Waals surface area contributed by atoms with Gasteiger partial charge in [0.05, 0.1) is 18.9 Å². The normalized spacial score (nSPS) is 16.8. The number of likely N-dealkylation sites (tertiary alicyclic amines) is 1. The van der Waals surface area contributed by atoms with Gasteiger partial charge in [0, 0.05) is 29.7 Å². The molecule has 1 fully saturated rings. The predicted molar refractivity (Wildman–Crippen MR) is 94.6 cm³/mol. The van der Waals surface area contributed by atoms with Gasteiger partial charge in [0.1, 0.15) is 5.54 Å². The number of aliphatic carboxylic acids is 1. The van der Waals surface area contributed by atoms with Gasteiger partial charge < -0.3 is 15.3 Å². The number of carboxylic acid groups (broad SMARTS) is 1. The third-order valence-electron chi connectivity index (χ3n) is 4.31. The lowest BCUT2D eigenvalue weighted by atomic mass is 9.88. The molecule has 1 saturated heterocycles. The van der Waals surface area contributed by atoms with E-state index in [2.05, 4.69) is 11.4 Å². The molecule has 0 radical (unpaired) electrons. The van der Waals surface area contributed by atoms with Gasteiger partial charge in [-0.15, -0.1) is 0 Å². The minimum Gasteiger partial charge on any atom is -0.481 e. The van der Waals surface area contributed by atoms with Crippen LogP contribution in [-0.4, -0.2) is 47.1 Å². The van der Waals surface area contributed by atoms with E-state index < -0.39 is 11.5 Å². The van der Waals surface area contributed by atoms with E-state index in [1.165, 1.54) is 0 Å². The summed E-state index contributed by atoms with van der Waals surface area (Å²) in [6.45, 7) is 1.59. The number of nitriles is 1. The molecule has 25 heavy (non-hydrogen) atoms. The van der Waals surface area contributed by atoms with Crippen LogP contribution in [0.4, 0.5) is 0 Å². The second-order valence-electron chi connectivity index (χ2n) is 6.14. The summed E-state index contributed by atoms with van der Waals surface area (Å²) in [4.78, 5) is 25.0. The molecule has 1 heterocycles. The molecule has 1 aliphatic rings. The zero-order chi connectivity index (χ0) is 18.4. The fraction of sp³-hybridized carbons (Fsp3) is 0.471. The molecular weight excluding hydrogens is 365 g/mol. The van der Waals surface area contributed by atoms with E-state index in [4.69, 9.17) is 28.3 Å². The average Bonchev–Trinajstić information content (AvgIpc) is 2.57. The Hall–Kier alpha value is -1.81. The summed E-state index contributed by atoms with van der Waals surface area (Å²) in [5, 5.41) is 22.0. The zero-order valence-corrected chi connectivity index (χ0v) is 15.1. The molecular formula is C17H19Cl2N3O3. The summed E-state index contributed by atoms with van der Waals surface area (Å²) in [6, 6.07) is 7.15. The number of benzene rings is 1. The Morgan fingerprint density at radius 1 is 1.32 bits per heavy atom. The van der Waals surface area contributed by atoms with E-state index in [-0.39, 0.29) is 18.7 Å². The van der Waals surface area contributed by atoms with Gasteiger partial charge in [0.2, 0.25) is 5.91 Å². The second kappa shape index (κ2) is 8.52. The Balaban J connectivity index is 1.92. The SMILES string of the molecule is N#CC1(NC(=O)Cc2ccc(Cl)cc2Cl)CCN(CCC(=O)O)CC1. The molecule has 0 aromatic heterocycles. The molecule has 0 spiro atoms. The Kier molecular flexibility index (Phi) is 6.65. The second-order valence-corrected chi connectivity index (χ2v) is 6.98. The van der Waals surface area contributed by atoms with Crippen molar-refractivity contribution in [1.29, 1.82) is 5.26 Å². The fourth-order valence-corrected chi connectivity index (χ4v) is 3.30. The van der Waals surface area contributed by atoms with Crippen molar-refractivity contribution in [3.63, 3.8) is 0 Å². The van der Waals surface area contributed by atoms with Gasteiger partial charge in [-0.2, -0.15) is 5.26 Å². The van der Waals surface area contributed by atoms with Crippen LogP contribution in [0.3, 0.4) is 0 Å². The number of hydrogen-bond acceptors (Lipinski definition) is 4. The highest BCUT2D eigenvalue weighted by atomic mass is 35.5. The highest BCUT2D eigenvalue weighted by Gasteiger charge is 2.36. The maximum atomic E-state index is 12.3. The van der Waals surface area contributed by atoms with Crippen molar-refractivity contribution >= 4 is 35.1 Å². The van der Waals surface area contributed by atoms with E-state index in [1.807, 2.05) is 4.90 Å². The number of carbonyl (C=O) groups is 2. The number of nitrogens with one attached hydrogen (secondary N) is 1. The highest BCUT2D eigenvalue weighted by molar-refractivity contribution is 6.35. The van der Waals surface area contributed by atoms with Gasteiger partial charge in [0.15, 0.2) is 0 Å². The lowest BCUT2D eigenvalue weighted by molar-refractivity contribution is -0.137. The molecule has 1 aromatic rings. The average molecular weight is 384 g/mol. The number of hydrogen-bond donors (Lipinski definition) is 2. The maximum Gasteiger partial charge on any atom is 0.304 e. The maximum absolute atomic E-state index is 12.3. The van der Waals surface area contributed by atoms with Gasteiger partial charge in [-0.05, 0) is 30.5 Å². The molecule has 6 nitrogen and oxygen atoms in total. The predicted octanol–water partition coefficient (Wildman–Crippen LogP) is 2.48. The molecule has 2 N–H and O–H groups in total. The van der Waals surface area contributed by atoms with Crippen molar-refractivity contribution in [1.82, 2.24) is 10.2 Å². The standard InChI is InChI=1S/C17H19Cl2N3O3/c18-13-2-1-12(14(19)10-13)9-15(23)21-17(11-20)4-7-22(8-5-17)6-3-16(24)25/h1-2,10H,3-9H2,(H,21,23)(H,24,25). The third kappa shape index (κ3) is 5.60. The summed E-state index contributed by atoms with van der Waals surface area (Å²) in [5.74, 6) is -1.12. The minimum absolute atomic E-state index is 0.0704. The quantitative estimate of drug-likeness (QED) is 0.786. The summed E-state index contributed by atoms with van der Waals surface area (Å²) >= 11 is 11.9. The Morgan fingerprint density at radius 3 is 2.56 bits per heavy atom. The topological polar surface area (TPSA) is 93.4 Å². The van der Waals surface area contributed by atoms with Crippen LogP contribution in [0, 0.1) is 11.3 Å². The first-order valence-corrected chi connectivity index (χ1v) is 8.69. The smallest absolute Gasteiger partial charge is 0.304 e. The molecule has 0 saturated carbocycles. The van der Waals surface area contributed by atoms with E-state index in [9.17, 15) is 14.9 Å². The zero-order valence-electron chi connectivity index (χ0n) is 13.6. The summed E-state index contributed by atoms with van der Waals surface area (Å²) in [5.41, 5.74) is -0.272. The monoisotopic (exact) mass is 383 g/mol. The van der Waals surface area contributed by atoms with Crippen LogP contribution < -0.4 is 5.32 Å². The number of halogens is 2. The largest absolute Gasteiger partial charge is 0.481 e. The molecule has 134 valence electrons. The molecule has 0 atom stereocenters. The molecule has 1 amide bonds. The number of rotatable bonds is 6. The molecule has 0 bridgehead atoms. The molecule has 1 aliphatic heterocycles. The van der Waals surface area contributed by atoms with Crippen LogP contribution in [-0.2, 0) is 16.0 Å². The van der Waals surface area contributed by atoms with Gasteiger partial charge in [-0.25, -0.2) is 0 Å². The summed E-state index contributed by atoms with van der Waals surface area (Å²) < 4.78 is 0. The van der Waals surface area contributed by atoms with Crippen molar-refractivity contribution < 1.29 is 14.7 Å². The number of piperidine rings is 1. The van der Waals surface area contributed by atoms with E-state index in [0.717, 1.165) is 0 Å². The van der Waals surface area contributed by atoms with Gasteiger partial charge >= 0.3 is 5.97 Å². The summed E-state index contributed by atoms with van der Waals surface area (Å²) in [7, 11) is 0. The van der Waals surface area contributed by atoms with E-state index in [0.29, 0.717) is 48.1 Å². The van der Waals surface area contributed by atoms with Crippen LogP contribution in [0.2, 0.25) is 10.0 Å². The van der Waals surface area contributed by atoms with Crippen LogP contribution in [0.1, 0.15) is 24.8 Å². The highest BCUT2D eigenvalue weighted by Crippen LogP contribution is 2.24. The summed E-state index contributed by atoms with van der Waals surface area (Å²) in [6.07, 6.45) is 1.07. The lowest BCUT2D eigenvalue weighted by Gasteiger charge is -2.37. The van der Waals surface area contributed by atoms with Crippen molar-refractivity contribution in [3.8, 4) is 6.07 Å². The number of amides is 1. The van der Waals surface area contributed by atoms with Crippen LogP contribution in [0.25, 0.3) is 0 Å². The molecule has 0 unspecified atom stereocenters. The lowest BCUT2D eigenvalue weighted by Crippen LogP contribution is -2.55. The molecule has 0 aliphatic carbocycles. The number of carbonyl (C=O) groups excluding carboxylic acids is 1. The van der Waals surface area contributed by atoms with Gasteiger partial charge in [0.25, 0.3) is 0 Å². The van der Waals surface area contributed by atoms with Crippen LogP contribution in [0.5, 0.6) is 0 Å². The number of nitrogens with zero attached hydrogens (tertiary/aromatic N) is 2. The third-order valence-corrected chi connectivity index (χ3v) is 4.90. The van der Waals surface area contributed by atoms with E-state index >= 15 is 0 Å². The first-order valence-electron chi connectivity index (χ1n) is 7.94. The van der Waals surface area contributed by atoms with Gasteiger partial charge in [-0.3, -0.25) is 9.59 Å². The Morgan fingerprint density at radius 2 is 2.00 bits per heavy atom. The minimum atomic E-state index is -0.921. The van der Waals surface area contributed by atoms with Crippen LogP contribution in [0.15, 0.2) is 18.2 Å². The first-order chi connectivity index (χ1) is 11.8. The molecule has 8 heteroatoms. The molecule has 1 aromatic carbocycles. The van der Waals surface area contributed by atoms with E-state index in [1.54, 1.807) is 18.2 Å². The first kappa shape index (κ1) is 19.5. The van der Waals surface area contributed by atoms with Crippen molar-refractivity contribution in [3.05, 3.63) is 33.8 Å². The van der Waals surface area contributed by atoms with Crippen LogP contribution >= 0.6 is 23.2 Å². The molecule has 2 rings (SSSR count). The van der Waals surface area contributed by atoms with Crippen molar-refractivity contribution in [2.75, 3.05) is 19.6 Å². The van der Waals surface area contributed by atoms with Gasteiger partial charge in [-0.1, -0.05) is 29.3 Å². The van der Waals surface area contributed by atoms with Crippen molar-refractivity contribution in [2.45, 2.75) is 31.2 Å². The van der Waals surface area contributed by atoms with Crippen molar-refractivity contribution in [2.24, 2.45) is 0 Å².